The molecule has 1 atom stereocenters. The standard InChI is InChI=1S/C18H22N2/c19-17(11-10-15-6-2-1-3-7-15)14-20-13-12-16-8-4-5-9-18(16)20/h1-9,17H,10-14,19H2. The molecule has 0 radical (unpaired) electrons. The summed E-state index contributed by atoms with van der Waals surface area (Å²) in [5.74, 6) is 0. The second-order valence-electron chi connectivity index (χ2n) is 5.61. The van der Waals surface area contributed by atoms with Crippen molar-refractivity contribution < 1.29 is 0 Å². The van der Waals surface area contributed by atoms with E-state index in [9.17, 15) is 0 Å². The summed E-state index contributed by atoms with van der Waals surface area (Å²) in [5, 5.41) is 0. The van der Waals surface area contributed by atoms with Gasteiger partial charge >= 0.3 is 0 Å². The molecule has 0 spiro atoms. The minimum absolute atomic E-state index is 0.237. The summed E-state index contributed by atoms with van der Waals surface area (Å²) < 4.78 is 0. The van der Waals surface area contributed by atoms with Crippen LogP contribution in [0.15, 0.2) is 54.6 Å². The molecule has 0 bridgehead atoms. The summed E-state index contributed by atoms with van der Waals surface area (Å²) in [6.45, 7) is 2.07. The van der Waals surface area contributed by atoms with E-state index in [4.69, 9.17) is 5.73 Å². The molecule has 2 nitrogen and oxygen atoms in total. The van der Waals surface area contributed by atoms with Gasteiger partial charge in [-0.15, -0.1) is 0 Å². The first-order valence-corrected chi connectivity index (χ1v) is 7.45. The van der Waals surface area contributed by atoms with Crippen molar-refractivity contribution in [1.82, 2.24) is 0 Å². The van der Waals surface area contributed by atoms with E-state index in [2.05, 4.69) is 59.5 Å². The minimum Gasteiger partial charge on any atom is -0.369 e. The molecule has 1 unspecified atom stereocenters. The lowest BCUT2D eigenvalue weighted by molar-refractivity contribution is 0.596. The van der Waals surface area contributed by atoms with Gasteiger partial charge in [-0.1, -0.05) is 48.5 Å². The van der Waals surface area contributed by atoms with Crippen molar-refractivity contribution in [2.75, 3.05) is 18.0 Å². The second-order valence-corrected chi connectivity index (χ2v) is 5.61. The summed E-state index contributed by atoms with van der Waals surface area (Å²) in [6, 6.07) is 19.5. The van der Waals surface area contributed by atoms with Gasteiger partial charge in [0.1, 0.15) is 0 Å². The Kier molecular flexibility index (Phi) is 4.03. The van der Waals surface area contributed by atoms with Crippen molar-refractivity contribution >= 4 is 5.69 Å². The number of nitrogens with two attached hydrogens (primary N) is 1. The Hall–Kier alpha value is -1.80. The SMILES string of the molecule is NC(CCc1ccccc1)CN1CCc2ccccc21. The van der Waals surface area contributed by atoms with Gasteiger partial charge in [0.2, 0.25) is 0 Å². The predicted molar refractivity (Wildman–Crippen MR) is 85.1 cm³/mol. The van der Waals surface area contributed by atoms with Crippen LogP contribution in [0.1, 0.15) is 17.5 Å². The van der Waals surface area contributed by atoms with Crippen molar-refractivity contribution in [1.29, 1.82) is 0 Å². The van der Waals surface area contributed by atoms with Gasteiger partial charge in [-0.2, -0.15) is 0 Å². The fourth-order valence-electron chi connectivity index (χ4n) is 2.97. The first-order valence-electron chi connectivity index (χ1n) is 7.45. The van der Waals surface area contributed by atoms with Crippen molar-refractivity contribution in [2.45, 2.75) is 25.3 Å². The van der Waals surface area contributed by atoms with Crippen LogP contribution in [0.4, 0.5) is 5.69 Å². The number of anilines is 1. The van der Waals surface area contributed by atoms with Crippen molar-refractivity contribution in [3.05, 3.63) is 65.7 Å². The number of para-hydroxylation sites is 1. The summed E-state index contributed by atoms with van der Waals surface area (Å²) in [6.07, 6.45) is 3.27. The molecule has 0 amide bonds. The van der Waals surface area contributed by atoms with Gasteiger partial charge in [0.15, 0.2) is 0 Å². The quantitative estimate of drug-likeness (QED) is 0.901. The average Bonchev–Trinajstić information content (AvgIpc) is 2.90. The molecule has 20 heavy (non-hydrogen) atoms. The molecule has 0 fully saturated rings. The maximum Gasteiger partial charge on any atom is 0.0400 e. The lowest BCUT2D eigenvalue weighted by Crippen LogP contribution is -2.37. The molecule has 2 heteroatoms. The lowest BCUT2D eigenvalue weighted by atomic mass is 10.1. The molecule has 1 aliphatic rings. The van der Waals surface area contributed by atoms with Crippen LogP contribution >= 0.6 is 0 Å². The highest BCUT2D eigenvalue weighted by atomic mass is 15.2. The molecule has 2 aromatic rings. The molecule has 2 N–H and O–H groups in total. The Morgan fingerprint density at radius 1 is 1.00 bits per heavy atom. The summed E-state index contributed by atoms with van der Waals surface area (Å²) >= 11 is 0. The molecule has 104 valence electrons. The van der Waals surface area contributed by atoms with Crippen LogP contribution in [0.25, 0.3) is 0 Å². The maximum atomic E-state index is 6.32. The van der Waals surface area contributed by atoms with Gasteiger partial charge in [-0.3, -0.25) is 0 Å². The third-order valence-corrected chi connectivity index (χ3v) is 4.08. The first-order chi connectivity index (χ1) is 9.83. The van der Waals surface area contributed by atoms with Crippen LogP contribution in [0.3, 0.4) is 0 Å². The zero-order valence-electron chi connectivity index (χ0n) is 11.8. The van der Waals surface area contributed by atoms with Crippen LogP contribution in [0, 0.1) is 0 Å². The Morgan fingerprint density at radius 3 is 2.60 bits per heavy atom. The Morgan fingerprint density at radius 2 is 1.75 bits per heavy atom. The summed E-state index contributed by atoms with van der Waals surface area (Å²) in [4.78, 5) is 2.44. The maximum absolute atomic E-state index is 6.32. The first kappa shape index (κ1) is 13.2. The Bertz CT molecular complexity index is 550. The van der Waals surface area contributed by atoms with Gasteiger partial charge in [0.25, 0.3) is 0 Å². The molecule has 2 aromatic carbocycles. The fourth-order valence-corrected chi connectivity index (χ4v) is 2.97. The van der Waals surface area contributed by atoms with Crippen LogP contribution in [0.5, 0.6) is 0 Å². The van der Waals surface area contributed by atoms with E-state index in [0.29, 0.717) is 0 Å². The number of fused-ring (bicyclic) bond motifs is 1. The minimum atomic E-state index is 0.237. The van der Waals surface area contributed by atoms with Gasteiger partial charge in [-0.05, 0) is 36.5 Å². The van der Waals surface area contributed by atoms with E-state index in [1.54, 1.807) is 0 Å². The van der Waals surface area contributed by atoms with Crippen molar-refractivity contribution in [3.8, 4) is 0 Å². The average molecular weight is 266 g/mol. The second kappa shape index (κ2) is 6.10. The molecule has 0 aromatic heterocycles. The van der Waals surface area contributed by atoms with Gasteiger partial charge < -0.3 is 10.6 Å². The predicted octanol–water partition coefficient (Wildman–Crippen LogP) is 3.01. The molecular weight excluding hydrogens is 244 g/mol. The highest BCUT2D eigenvalue weighted by Gasteiger charge is 2.19. The Balaban J connectivity index is 1.54. The Labute approximate surface area is 121 Å². The molecule has 0 saturated heterocycles. The van der Waals surface area contributed by atoms with Crippen LogP contribution in [-0.4, -0.2) is 19.1 Å². The summed E-state index contributed by atoms with van der Waals surface area (Å²) in [5.41, 5.74) is 10.5. The number of nitrogens with zero attached hydrogens (tertiary/aromatic N) is 1. The molecular formula is C18H22N2. The van der Waals surface area contributed by atoms with Crippen LogP contribution in [-0.2, 0) is 12.8 Å². The zero-order chi connectivity index (χ0) is 13.8. The molecule has 1 aliphatic heterocycles. The van der Waals surface area contributed by atoms with Gasteiger partial charge in [0, 0.05) is 24.8 Å². The topological polar surface area (TPSA) is 29.3 Å². The summed E-state index contributed by atoms with van der Waals surface area (Å²) in [7, 11) is 0. The van der Waals surface area contributed by atoms with E-state index in [1.165, 1.54) is 16.8 Å². The largest absolute Gasteiger partial charge is 0.369 e. The van der Waals surface area contributed by atoms with Gasteiger partial charge in [0.05, 0.1) is 0 Å². The smallest absolute Gasteiger partial charge is 0.0400 e. The fraction of sp³-hybridized carbons (Fsp3) is 0.333. The van der Waals surface area contributed by atoms with Crippen LogP contribution in [0.2, 0.25) is 0 Å². The monoisotopic (exact) mass is 266 g/mol. The molecule has 0 aliphatic carbocycles. The number of hydrogen-bond donors (Lipinski definition) is 1. The van der Waals surface area contributed by atoms with E-state index in [0.717, 1.165) is 32.4 Å². The van der Waals surface area contributed by atoms with E-state index in [-0.39, 0.29) is 6.04 Å². The number of aryl methyl sites for hydroxylation is 1. The normalized spacial score (nSPS) is 15.2. The van der Waals surface area contributed by atoms with E-state index >= 15 is 0 Å². The lowest BCUT2D eigenvalue weighted by Gasteiger charge is -2.23. The highest BCUT2D eigenvalue weighted by molar-refractivity contribution is 5.57. The van der Waals surface area contributed by atoms with E-state index < -0.39 is 0 Å². The number of rotatable bonds is 5. The number of hydrogen-bond acceptors (Lipinski definition) is 2. The molecule has 1 heterocycles. The highest BCUT2D eigenvalue weighted by Crippen LogP contribution is 2.27. The molecule has 3 rings (SSSR count). The van der Waals surface area contributed by atoms with Crippen LogP contribution < -0.4 is 10.6 Å². The third-order valence-electron chi connectivity index (χ3n) is 4.08. The number of benzene rings is 2. The molecule has 0 saturated carbocycles. The van der Waals surface area contributed by atoms with Crippen molar-refractivity contribution in [3.63, 3.8) is 0 Å². The van der Waals surface area contributed by atoms with E-state index in [1.807, 2.05) is 0 Å². The van der Waals surface area contributed by atoms with Gasteiger partial charge in [-0.25, -0.2) is 0 Å². The zero-order valence-corrected chi connectivity index (χ0v) is 11.8. The van der Waals surface area contributed by atoms with Crippen molar-refractivity contribution in [2.24, 2.45) is 5.73 Å². The third kappa shape index (κ3) is 3.02.